The maximum atomic E-state index is 7.36. The fourth-order valence-corrected chi connectivity index (χ4v) is 10.2. The van der Waals surface area contributed by atoms with Crippen molar-refractivity contribution >= 4 is 40.3 Å². The zero-order valence-corrected chi connectivity index (χ0v) is 31.8. The van der Waals surface area contributed by atoms with Gasteiger partial charge in [-0.05, 0) is 88.6 Å². The Labute approximate surface area is 329 Å². The van der Waals surface area contributed by atoms with Gasteiger partial charge in [0.05, 0.1) is 19.3 Å². The van der Waals surface area contributed by atoms with E-state index in [1.165, 1.54) is 60.6 Å². The highest BCUT2D eigenvalue weighted by molar-refractivity contribution is 6.14. The normalized spacial score (nSPS) is 23.0. The lowest BCUT2D eigenvalue weighted by Gasteiger charge is -2.35. The Morgan fingerprint density at radius 3 is 2.32 bits per heavy atom. The third-order valence-electron chi connectivity index (χ3n) is 12.8. The molecule has 0 bridgehead atoms. The molecule has 3 aromatic carbocycles. The first-order valence-corrected chi connectivity index (χ1v) is 20.7. The molecule has 0 spiro atoms. The maximum Gasteiger partial charge on any atom is 0.236 e. The first-order valence-electron chi connectivity index (χ1n) is 20.7. The third-order valence-corrected chi connectivity index (χ3v) is 12.8. The molecule has 3 nitrogen and oxygen atoms in total. The van der Waals surface area contributed by atoms with E-state index in [0.717, 1.165) is 86.3 Å². The molecule has 56 heavy (non-hydrogen) atoms. The molecule has 0 fully saturated rings. The van der Waals surface area contributed by atoms with E-state index in [2.05, 4.69) is 156 Å². The first-order chi connectivity index (χ1) is 27.8. The second-order valence-electron chi connectivity index (χ2n) is 16.0. The molecule has 7 aliphatic rings. The van der Waals surface area contributed by atoms with Crippen molar-refractivity contribution in [1.82, 2.24) is 0 Å². The molecular formula is C53H46NO2+. The molecule has 0 amide bonds. The van der Waals surface area contributed by atoms with E-state index in [0.29, 0.717) is 0 Å². The summed E-state index contributed by atoms with van der Waals surface area (Å²) in [5, 5.41) is 5.53. The summed E-state index contributed by atoms with van der Waals surface area (Å²) in [6, 6.07) is 19.7. The highest BCUT2D eigenvalue weighted by Crippen LogP contribution is 2.50. The van der Waals surface area contributed by atoms with Crippen LogP contribution in [0.15, 0.2) is 160 Å². The Hall–Kier alpha value is -5.93. The van der Waals surface area contributed by atoms with Gasteiger partial charge in [-0.3, -0.25) is 0 Å². The average Bonchev–Trinajstić information content (AvgIpc) is 3.69. The molecule has 4 aromatic rings. The third kappa shape index (κ3) is 5.59. The smallest absolute Gasteiger partial charge is 0.236 e. The molecular weight excluding hydrogens is 683 g/mol. The van der Waals surface area contributed by atoms with Crippen molar-refractivity contribution in [3.63, 3.8) is 0 Å². The van der Waals surface area contributed by atoms with E-state index < -0.39 is 0 Å². The van der Waals surface area contributed by atoms with Gasteiger partial charge in [-0.2, -0.15) is 0 Å². The molecule has 0 N–H and O–H groups in total. The number of furan rings is 1. The van der Waals surface area contributed by atoms with Gasteiger partial charge in [0, 0.05) is 52.5 Å². The molecule has 0 saturated carbocycles. The zero-order valence-electron chi connectivity index (χ0n) is 31.8. The summed E-state index contributed by atoms with van der Waals surface area (Å²) in [6.45, 7) is 0. The van der Waals surface area contributed by atoms with Crippen molar-refractivity contribution in [1.29, 1.82) is 0 Å². The topological polar surface area (TPSA) is 28.2 Å². The minimum atomic E-state index is 0.161. The van der Waals surface area contributed by atoms with Gasteiger partial charge in [0.15, 0.2) is 5.76 Å². The number of aliphatic imine (C=N–C) groups is 1. The lowest BCUT2D eigenvalue weighted by atomic mass is 9.76. The second-order valence-corrected chi connectivity index (χ2v) is 16.0. The van der Waals surface area contributed by atoms with Crippen molar-refractivity contribution in [3.05, 3.63) is 201 Å². The SMILES string of the molecule is C1=CCCC([O+](C2=CC=C(c3oc4c(c3C3C=c5c(c6c(c7ccccc57)C=CCC6)=CC3)C3CC=CC=C3N=C4c3ccccc3)CC2)C2C=CC=CC2)=C1. The van der Waals surface area contributed by atoms with E-state index in [4.69, 9.17) is 9.41 Å². The van der Waals surface area contributed by atoms with Crippen LogP contribution in [0.1, 0.15) is 103 Å². The van der Waals surface area contributed by atoms with E-state index >= 15 is 0 Å². The van der Waals surface area contributed by atoms with Crippen LogP contribution >= 0.6 is 0 Å². The summed E-state index contributed by atoms with van der Waals surface area (Å²) in [6.07, 6.45) is 46.3. The summed E-state index contributed by atoms with van der Waals surface area (Å²) in [5.41, 5.74) is 10.1. The van der Waals surface area contributed by atoms with E-state index in [-0.39, 0.29) is 17.9 Å². The van der Waals surface area contributed by atoms with Gasteiger partial charge in [-0.25, -0.2) is 4.99 Å². The highest BCUT2D eigenvalue weighted by atomic mass is 16.7. The number of rotatable bonds is 6. The average molecular weight is 729 g/mol. The second kappa shape index (κ2) is 14.0. The highest BCUT2D eigenvalue weighted by Gasteiger charge is 2.39. The van der Waals surface area contributed by atoms with Gasteiger partial charge >= 0.3 is 0 Å². The maximum absolute atomic E-state index is 7.36. The number of hydrogen-bond acceptors (Lipinski definition) is 2. The predicted octanol–water partition coefficient (Wildman–Crippen LogP) is 11.7. The number of hydrogen-bond donors (Lipinski definition) is 0. The Morgan fingerprint density at radius 1 is 0.643 bits per heavy atom. The molecule has 274 valence electrons. The number of nitrogens with zero attached hydrogens (tertiary/aromatic N) is 1. The fraction of sp³-hybridized carbons (Fsp3) is 0.226. The van der Waals surface area contributed by atoms with E-state index in [1.807, 2.05) is 0 Å². The van der Waals surface area contributed by atoms with Crippen molar-refractivity contribution in [2.75, 3.05) is 0 Å². The van der Waals surface area contributed by atoms with Crippen LogP contribution in [0.5, 0.6) is 0 Å². The summed E-state index contributed by atoms with van der Waals surface area (Å²) in [7, 11) is 0. The Balaban J connectivity index is 1.11. The summed E-state index contributed by atoms with van der Waals surface area (Å²) in [5.74, 6) is 4.97. The number of fused-ring (bicyclic) bond motifs is 9. The summed E-state index contributed by atoms with van der Waals surface area (Å²) in [4.78, 5) is 5.37. The molecule has 0 radical (unpaired) electrons. The lowest BCUT2D eigenvalue weighted by molar-refractivity contribution is -0.0718. The minimum Gasteiger partial charge on any atom is -0.537 e. The van der Waals surface area contributed by atoms with Crippen LogP contribution in [0, 0.1) is 0 Å². The summed E-state index contributed by atoms with van der Waals surface area (Å²) >= 11 is 0. The van der Waals surface area contributed by atoms with Crippen LogP contribution in [0.25, 0.3) is 34.6 Å². The van der Waals surface area contributed by atoms with Crippen LogP contribution < -0.4 is 10.4 Å². The number of allylic oxidation sites excluding steroid dienone is 15. The van der Waals surface area contributed by atoms with Crippen LogP contribution in [0.3, 0.4) is 0 Å². The van der Waals surface area contributed by atoms with Gasteiger partial charge < -0.3 is 8.78 Å². The predicted molar refractivity (Wildman–Crippen MR) is 232 cm³/mol. The monoisotopic (exact) mass is 728 g/mol. The van der Waals surface area contributed by atoms with Crippen molar-refractivity contribution in [2.24, 2.45) is 4.99 Å². The summed E-state index contributed by atoms with van der Waals surface area (Å²) < 4.78 is 11.1. The minimum absolute atomic E-state index is 0.161. The van der Waals surface area contributed by atoms with E-state index in [1.54, 1.807) is 0 Å². The van der Waals surface area contributed by atoms with Gasteiger partial charge in [0.1, 0.15) is 11.5 Å². The van der Waals surface area contributed by atoms with Gasteiger partial charge in [-0.15, -0.1) is 0 Å². The molecule has 3 heteroatoms. The van der Waals surface area contributed by atoms with Crippen LogP contribution in [0.2, 0.25) is 0 Å². The largest absolute Gasteiger partial charge is 0.537 e. The molecule has 2 heterocycles. The Bertz CT molecular complexity index is 2730. The lowest BCUT2D eigenvalue weighted by Crippen LogP contribution is -2.34. The van der Waals surface area contributed by atoms with Crippen molar-refractivity contribution in [3.8, 4) is 0 Å². The van der Waals surface area contributed by atoms with Crippen LogP contribution in [-0.4, -0.2) is 11.8 Å². The Kier molecular flexibility index (Phi) is 8.34. The van der Waals surface area contributed by atoms with Crippen LogP contribution in [0.4, 0.5) is 0 Å². The van der Waals surface area contributed by atoms with E-state index in [9.17, 15) is 0 Å². The quantitative estimate of drug-likeness (QED) is 0.182. The van der Waals surface area contributed by atoms with Gasteiger partial charge in [0.2, 0.25) is 17.6 Å². The zero-order chi connectivity index (χ0) is 37.0. The fourth-order valence-electron chi connectivity index (χ4n) is 10.2. The first kappa shape index (κ1) is 33.4. The molecule has 3 unspecified atom stereocenters. The van der Waals surface area contributed by atoms with Crippen molar-refractivity contribution in [2.45, 2.75) is 75.7 Å². The van der Waals surface area contributed by atoms with Gasteiger partial charge in [0.25, 0.3) is 0 Å². The molecule has 3 atom stereocenters. The molecule has 1 aromatic heterocycles. The van der Waals surface area contributed by atoms with Gasteiger partial charge in [-0.1, -0.05) is 121 Å². The molecule has 0 saturated heterocycles. The molecule has 11 rings (SSSR count). The molecule has 1 aliphatic heterocycles. The van der Waals surface area contributed by atoms with Crippen LogP contribution in [-0.2, 0) is 10.8 Å². The Morgan fingerprint density at radius 2 is 1.48 bits per heavy atom. The standard InChI is InChI=1S/C53H46NO2/c1-4-16-35(17-5-1)51-53-50(46-26-14-15-27-48(46)54-51)49(37-30-33-45-43-24-11-10-22-41(43)42-23-12-13-25-44(42)47(45)34-37)52(55-53)36-28-31-40(32-29-36)56(38-18-6-2-7-19-38)39-20-8-3-9-21-39/h1-8,10,12-18,20,22-23,25,27-28,31,33-34,37-38,46H,9,11,19,21,24,26,29-30,32H2/q+1. The number of benzene rings is 3. The molecule has 6 aliphatic carbocycles. The van der Waals surface area contributed by atoms with Crippen molar-refractivity contribution < 1.29 is 8.78 Å².